The van der Waals surface area contributed by atoms with Crippen LogP contribution in [0.2, 0.25) is 0 Å². The highest BCUT2D eigenvalue weighted by atomic mass is 16.5. The van der Waals surface area contributed by atoms with Crippen LogP contribution in [0.25, 0.3) is 10.9 Å². The number of hydrogen-bond donors (Lipinski definition) is 2. The first-order valence-electron chi connectivity index (χ1n) is 6.32. The average molecular weight is 243 g/mol. The third kappa shape index (κ3) is 2.44. The van der Waals surface area contributed by atoms with Gasteiger partial charge >= 0.3 is 0 Å². The van der Waals surface area contributed by atoms with Crippen molar-refractivity contribution in [3.8, 4) is 0 Å². The Balaban J connectivity index is 1.74. The predicted molar refractivity (Wildman–Crippen MR) is 72.8 cm³/mol. The molecule has 1 atom stereocenters. The summed E-state index contributed by atoms with van der Waals surface area (Å²) in [6, 6.07) is 10.6. The fourth-order valence-corrected chi connectivity index (χ4v) is 2.23. The lowest BCUT2D eigenvalue weighted by Crippen LogP contribution is -2.45. The molecule has 1 aromatic carbocycles. The van der Waals surface area contributed by atoms with Crippen LogP contribution in [0.1, 0.15) is 0 Å². The summed E-state index contributed by atoms with van der Waals surface area (Å²) in [7, 11) is 0. The molecule has 3 rings (SSSR count). The Hall–Kier alpha value is -1.65. The zero-order chi connectivity index (χ0) is 12.2. The monoisotopic (exact) mass is 243 g/mol. The molecular weight excluding hydrogens is 226 g/mol. The van der Waals surface area contributed by atoms with Crippen molar-refractivity contribution in [2.24, 2.45) is 0 Å². The van der Waals surface area contributed by atoms with Gasteiger partial charge in [-0.25, -0.2) is 0 Å². The van der Waals surface area contributed by atoms with Gasteiger partial charge < -0.3 is 15.4 Å². The Bertz CT molecular complexity index is 518. The van der Waals surface area contributed by atoms with Crippen molar-refractivity contribution in [1.29, 1.82) is 0 Å². The number of pyridine rings is 1. The Morgan fingerprint density at radius 3 is 3.17 bits per heavy atom. The van der Waals surface area contributed by atoms with Crippen molar-refractivity contribution < 1.29 is 4.74 Å². The van der Waals surface area contributed by atoms with Crippen LogP contribution in [0, 0.1) is 0 Å². The van der Waals surface area contributed by atoms with Crippen molar-refractivity contribution in [3.63, 3.8) is 0 Å². The van der Waals surface area contributed by atoms with E-state index in [0.29, 0.717) is 6.04 Å². The second-order valence-corrected chi connectivity index (χ2v) is 4.48. The van der Waals surface area contributed by atoms with E-state index in [1.54, 1.807) is 0 Å². The summed E-state index contributed by atoms with van der Waals surface area (Å²) in [5.74, 6) is 0. The van der Waals surface area contributed by atoms with Gasteiger partial charge in [0.2, 0.25) is 0 Å². The van der Waals surface area contributed by atoms with Crippen LogP contribution < -0.4 is 10.6 Å². The first-order valence-corrected chi connectivity index (χ1v) is 6.32. The van der Waals surface area contributed by atoms with Crippen LogP contribution in [0.5, 0.6) is 0 Å². The van der Waals surface area contributed by atoms with Gasteiger partial charge in [0.25, 0.3) is 0 Å². The Kier molecular flexibility index (Phi) is 3.39. The Labute approximate surface area is 106 Å². The number of nitrogens with one attached hydrogen (secondary N) is 2. The number of aromatic nitrogens is 1. The number of fused-ring (bicyclic) bond motifs is 1. The summed E-state index contributed by atoms with van der Waals surface area (Å²) in [5.41, 5.74) is 2.16. The van der Waals surface area contributed by atoms with E-state index >= 15 is 0 Å². The minimum Gasteiger partial charge on any atom is -0.383 e. The summed E-state index contributed by atoms with van der Waals surface area (Å²) in [5, 5.41) is 8.07. The molecule has 1 aromatic heterocycles. The molecule has 1 fully saturated rings. The highest BCUT2D eigenvalue weighted by molar-refractivity contribution is 5.90. The van der Waals surface area contributed by atoms with Gasteiger partial charge in [0.1, 0.15) is 0 Å². The third-order valence-corrected chi connectivity index (χ3v) is 3.19. The first kappa shape index (κ1) is 11.4. The van der Waals surface area contributed by atoms with Gasteiger partial charge in [-0.3, -0.25) is 4.98 Å². The fraction of sp³-hybridized carbons (Fsp3) is 0.357. The van der Waals surface area contributed by atoms with E-state index in [2.05, 4.69) is 21.7 Å². The van der Waals surface area contributed by atoms with Crippen molar-refractivity contribution >= 4 is 16.6 Å². The lowest BCUT2D eigenvalue weighted by atomic mass is 10.2. The predicted octanol–water partition coefficient (Wildman–Crippen LogP) is 1.64. The van der Waals surface area contributed by atoms with Gasteiger partial charge in [0, 0.05) is 36.4 Å². The van der Waals surface area contributed by atoms with Gasteiger partial charge in [-0.2, -0.15) is 0 Å². The van der Waals surface area contributed by atoms with Gasteiger partial charge in [-0.1, -0.05) is 18.2 Å². The molecule has 0 spiro atoms. The van der Waals surface area contributed by atoms with Crippen molar-refractivity contribution in [3.05, 3.63) is 36.5 Å². The number of ether oxygens (including phenoxy) is 1. The van der Waals surface area contributed by atoms with E-state index in [9.17, 15) is 0 Å². The molecule has 0 saturated carbocycles. The molecule has 2 N–H and O–H groups in total. The number of benzene rings is 1. The quantitative estimate of drug-likeness (QED) is 0.860. The summed E-state index contributed by atoms with van der Waals surface area (Å²) in [6.07, 6.45) is 1.84. The van der Waals surface area contributed by atoms with Crippen LogP contribution in [0.4, 0.5) is 5.69 Å². The molecule has 1 unspecified atom stereocenters. The molecule has 0 radical (unpaired) electrons. The minimum absolute atomic E-state index is 0.380. The van der Waals surface area contributed by atoms with Crippen LogP contribution in [-0.4, -0.2) is 37.3 Å². The van der Waals surface area contributed by atoms with Gasteiger partial charge in [0.05, 0.1) is 18.7 Å². The van der Waals surface area contributed by atoms with Gasteiger partial charge in [-0.15, -0.1) is 0 Å². The molecule has 0 amide bonds. The van der Waals surface area contributed by atoms with Crippen molar-refractivity contribution in [2.75, 3.05) is 31.6 Å². The number of anilines is 1. The maximum atomic E-state index is 5.44. The molecule has 4 nitrogen and oxygen atoms in total. The molecule has 1 aliphatic heterocycles. The fourth-order valence-electron chi connectivity index (χ4n) is 2.23. The zero-order valence-electron chi connectivity index (χ0n) is 10.2. The molecule has 1 saturated heterocycles. The smallest absolute Gasteiger partial charge is 0.0722 e. The normalized spacial score (nSPS) is 19.9. The lowest BCUT2D eigenvalue weighted by molar-refractivity contribution is 0.0807. The van der Waals surface area contributed by atoms with Crippen LogP contribution >= 0.6 is 0 Å². The minimum atomic E-state index is 0.380. The summed E-state index contributed by atoms with van der Waals surface area (Å²) < 4.78 is 5.44. The SMILES string of the molecule is c1ccc2c(NCC3COCCN3)ccnc2c1. The number of rotatable bonds is 3. The summed E-state index contributed by atoms with van der Waals surface area (Å²) in [6.45, 7) is 3.39. The Morgan fingerprint density at radius 1 is 1.33 bits per heavy atom. The number of morpholine rings is 1. The molecule has 94 valence electrons. The molecule has 2 aromatic rings. The topological polar surface area (TPSA) is 46.2 Å². The molecular formula is C14H17N3O. The molecule has 0 bridgehead atoms. The van der Waals surface area contributed by atoms with E-state index in [1.165, 1.54) is 0 Å². The van der Waals surface area contributed by atoms with E-state index in [-0.39, 0.29) is 0 Å². The van der Waals surface area contributed by atoms with Crippen molar-refractivity contribution in [1.82, 2.24) is 10.3 Å². The largest absolute Gasteiger partial charge is 0.383 e. The number of para-hydroxylation sites is 1. The van der Waals surface area contributed by atoms with Crippen LogP contribution in [-0.2, 0) is 4.74 Å². The van der Waals surface area contributed by atoms with Gasteiger partial charge in [0.15, 0.2) is 0 Å². The number of hydrogen-bond acceptors (Lipinski definition) is 4. The molecule has 4 heteroatoms. The van der Waals surface area contributed by atoms with E-state index in [4.69, 9.17) is 4.74 Å². The zero-order valence-corrected chi connectivity index (χ0v) is 10.2. The standard InChI is InChI=1S/C14H17N3O/c1-2-4-13-12(3-1)14(5-6-16-13)17-9-11-10-18-8-7-15-11/h1-6,11,15H,7-10H2,(H,16,17). The molecule has 2 heterocycles. The van der Waals surface area contributed by atoms with E-state index < -0.39 is 0 Å². The third-order valence-electron chi connectivity index (χ3n) is 3.19. The van der Waals surface area contributed by atoms with Gasteiger partial charge in [-0.05, 0) is 12.1 Å². The second-order valence-electron chi connectivity index (χ2n) is 4.48. The van der Waals surface area contributed by atoms with E-state index in [0.717, 1.165) is 42.9 Å². The highest BCUT2D eigenvalue weighted by Crippen LogP contribution is 2.20. The highest BCUT2D eigenvalue weighted by Gasteiger charge is 2.12. The average Bonchev–Trinajstić information content (AvgIpc) is 2.46. The second kappa shape index (κ2) is 5.33. The molecule has 1 aliphatic rings. The molecule has 18 heavy (non-hydrogen) atoms. The van der Waals surface area contributed by atoms with Crippen molar-refractivity contribution in [2.45, 2.75) is 6.04 Å². The maximum Gasteiger partial charge on any atom is 0.0722 e. The maximum absolute atomic E-state index is 5.44. The first-order chi connectivity index (χ1) is 8.93. The summed E-state index contributed by atoms with van der Waals surface area (Å²) in [4.78, 5) is 4.36. The van der Waals surface area contributed by atoms with Crippen LogP contribution in [0.15, 0.2) is 36.5 Å². The van der Waals surface area contributed by atoms with E-state index in [1.807, 2.05) is 30.5 Å². The molecule has 0 aliphatic carbocycles. The van der Waals surface area contributed by atoms with Crippen LogP contribution in [0.3, 0.4) is 0 Å². The lowest BCUT2D eigenvalue weighted by Gasteiger charge is -2.24. The summed E-state index contributed by atoms with van der Waals surface area (Å²) >= 11 is 0. The Morgan fingerprint density at radius 2 is 2.28 bits per heavy atom. The number of nitrogens with zero attached hydrogens (tertiary/aromatic N) is 1.